The molecule has 2 unspecified atom stereocenters. The molecule has 1 aliphatic rings. The maximum Gasteiger partial charge on any atom is 0.312 e. The fourth-order valence-corrected chi connectivity index (χ4v) is 3.34. The number of hydrogen-bond acceptors (Lipinski definition) is 3. The highest BCUT2D eigenvalue weighted by Gasteiger charge is 2.28. The number of benzene rings is 1. The van der Waals surface area contributed by atoms with Crippen molar-refractivity contribution in [2.24, 2.45) is 5.73 Å². The average Bonchev–Trinajstić information content (AvgIpc) is 3.06. The van der Waals surface area contributed by atoms with Gasteiger partial charge in [0.2, 0.25) is 5.91 Å². The van der Waals surface area contributed by atoms with Crippen LogP contribution in [0.25, 0.3) is 0 Å². The minimum atomic E-state index is -0.611. The Bertz CT molecular complexity index is 576. The molecule has 140 valence electrons. The summed E-state index contributed by atoms with van der Waals surface area (Å²) in [6.07, 6.45) is 2.12. The highest BCUT2D eigenvalue weighted by atomic mass is 35.5. The number of hydrogen-bond donors (Lipinski definition) is 3. The number of rotatable bonds is 7. The number of primary amides is 1. The van der Waals surface area contributed by atoms with Crippen LogP contribution in [0, 0.1) is 6.92 Å². The van der Waals surface area contributed by atoms with Gasteiger partial charge in [-0.3, -0.25) is 4.79 Å². The van der Waals surface area contributed by atoms with E-state index in [0.29, 0.717) is 0 Å². The van der Waals surface area contributed by atoms with Gasteiger partial charge < -0.3 is 21.3 Å². The van der Waals surface area contributed by atoms with Crippen LogP contribution < -0.4 is 16.4 Å². The summed E-state index contributed by atoms with van der Waals surface area (Å²) in [4.78, 5) is 26.3. The lowest BCUT2D eigenvalue weighted by Crippen LogP contribution is -2.44. The molecule has 0 bridgehead atoms. The Balaban J connectivity index is 0.00000312. The summed E-state index contributed by atoms with van der Waals surface area (Å²) in [7, 11) is 0. The Hall–Kier alpha value is -1.79. The molecule has 6 nitrogen and oxygen atoms in total. The number of carbonyl (C=O) groups is 2. The van der Waals surface area contributed by atoms with E-state index in [9.17, 15) is 9.59 Å². The summed E-state index contributed by atoms with van der Waals surface area (Å²) in [5.74, 6) is 0.0625. The van der Waals surface area contributed by atoms with Crippen LogP contribution in [0.4, 0.5) is 4.79 Å². The van der Waals surface area contributed by atoms with Crippen molar-refractivity contribution >= 4 is 24.3 Å². The fourth-order valence-electron chi connectivity index (χ4n) is 3.34. The molecule has 0 aromatic heterocycles. The number of amides is 3. The Morgan fingerprint density at radius 2 is 2.12 bits per heavy atom. The lowest BCUT2D eigenvalue weighted by Gasteiger charge is -2.30. The second-order valence-corrected chi connectivity index (χ2v) is 6.36. The van der Waals surface area contributed by atoms with Crippen molar-refractivity contribution in [3.8, 4) is 0 Å². The monoisotopic (exact) mass is 368 g/mol. The predicted molar refractivity (Wildman–Crippen MR) is 102 cm³/mol. The third-order valence-corrected chi connectivity index (χ3v) is 4.52. The van der Waals surface area contributed by atoms with Crippen molar-refractivity contribution in [1.82, 2.24) is 15.5 Å². The second kappa shape index (κ2) is 10.3. The molecule has 1 aromatic rings. The van der Waals surface area contributed by atoms with Crippen LogP contribution in [0.3, 0.4) is 0 Å². The van der Waals surface area contributed by atoms with E-state index in [4.69, 9.17) is 5.73 Å². The maximum atomic E-state index is 12.9. The van der Waals surface area contributed by atoms with Crippen LogP contribution in [-0.4, -0.2) is 42.5 Å². The van der Waals surface area contributed by atoms with E-state index in [2.05, 4.69) is 17.6 Å². The van der Waals surface area contributed by atoms with E-state index < -0.39 is 12.1 Å². The molecule has 2 atom stereocenters. The normalized spacial score (nSPS) is 17.4. The van der Waals surface area contributed by atoms with Gasteiger partial charge in [-0.05, 0) is 37.4 Å². The van der Waals surface area contributed by atoms with E-state index in [1.807, 2.05) is 36.1 Å². The van der Waals surface area contributed by atoms with Gasteiger partial charge in [0.1, 0.15) is 0 Å². The molecule has 4 N–H and O–H groups in total. The highest BCUT2D eigenvalue weighted by molar-refractivity contribution is 5.85. The molecule has 25 heavy (non-hydrogen) atoms. The standard InChI is InChI=1S/C18H28N4O2.ClH/c1-3-10-22(14-8-9-20-12-14)17(23)11-16(21-18(19)24)15-7-5-4-6-13(15)2;/h4-7,14,16,20H,3,8-12H2,1-2H3,(H3,19,21,24);1H. The number of nitrogens with two attached hydrogens (primary N) is 1. The molecule has 0 spiro atoms. The summed E-state index contributed by atoms with van der Waals surface area (Å²) >= 11 is 0. The van der Waals surface area contributed by atoms with Crippen LogP contribution in [0.5, 0.6) is 0 Å². The lowest BCUT2D eigenvalue weighted by molar-refractivity contribution is -0.133. The third kappa shape index (κ3) is 5.90. The van der Waals surface area contributed by atoms with Gasteiger partial charge in [-0.25, -0.2) is 4.79 Å². The zero-order valence-corrected chi connectivity index (χ0v) is 15.8. The minimum Gasteiger partial charge on any atom is -0.352 e. The van der Waals surface area contributed by atoms with Crippen molar-refractivity contribution in [1.29, 1.82) is 0 Å². The zero-order valence-electron chi connectivity index (χ0n) is 15.0. The summed E-state index contributed by atoms with van der Waals surface area (Å²) in [6.45, 7) is 6.56. The Morgan fingerprint density at radius 3 is 2.68 bits per heavy atom. The first-order chi connectivity index (χ1) is 11.5. The number of halogens is 1. The summed E-state index contributed by atoms with van der Waals surface area (Å²) in [6, 6.07) is 6.99. The molecule has 7 heteroatoms. The molecule has 1 saturated heterocycles. The van der Waals surface area contributed by atoms with E-state index in [-0.39, 0.29) is 30.8 Å². The third-order valence-electron chi connectivity index (χ3n) is 4.52. The zero-order chi connectivity index (χ0) is 17.5. The molecule has 1 fully saturated rings. The Kier molecular flexibility index (Phi) is 8.72. The quantitative estimate of drug-likeness (QED) is 0.688. The van der Waals surface area contributed by atoms with Crippen LogP contribution in [0.15, 0.2) is 24.3 Å². The van der Waals surface area contributed by atoms with E-state index in [1.165, 1.54) is 0 Å². The van der Waals surface area contributed by atoms with Gasteiger partial charge in [-0.1, -0.05) is 31.2 Å². The van der Waals surface area contributed by atoms with Crippen LogP contribution in [0.1, 0.15) is 43.4 Å². The summed E-state index contributed by atoms with van der Waals surface area (Å²) < 4.78 is 0. The SMILES string of the molecule is CCCN(C(=O)CC(NC(N)=O)c1ccccc1C)C1CCNC1.Cl. The number of nitrogens with zero attached hydrogens (tertiary/aromatic N) is 1. The van der Waals surface area contributed by atoms with Crippen molar-refractivity contribution in [2.45, 2.75) is 45.2 Å². The summed E-state index contributed by atoms with van der Waals surface area (Å²) in [5.41, 5.74) is 7.30. The number of nitrogens with one attached hydrogen (secondary N) is 2. The Morgan fingerprint density at radius 1 is 1.40 bits per heavy atom. The molecule has 1 aliphatic heterocycles. The van der Waals surface area contributed by atoms with E-state index >= 15 is 0 Å². The van der Waals surface area contributed by atoms with Crippen molar-refractivity contribution in [3.05, 3.63) is 35.4 Å². The van der Waals surface area contributed by atoms with E-state index in [1.54, 1.807) is 0 Å². The fraction of sp³-hybridized carbons (Fsp3) is 0.556. The van der Waals surface area contributed by atoms with Crippen LogP contribution in [0.2, 0.25) is 0 Å². The maximum absolute atomic E-state index is 12.9. The van der Waals surface area contributed by atoms with Crippen molar-refractivity contribution in [2.75, 3.05) is 19.6 Å². The molecular formula is C18H29ClN4O2. The summed E-state index contributed by atoms with van der Waals surface area (Å²) in [5, 5.41) is 6.04. The molecule has 2 rings (SSSR count). The number of urea groups is 1. The predicted octanol–water partition coefficient (Wildman–Crippen LogP) is 2.12. The van der Waals surface area contributed by atoms with Gasteiger partial charge in [-0.2, -0.15) is 0 Å². The van der Waals surface area contributed by atoms with Gasteiger partial charge in [0.25, 0.3) is 0 Å². The van der Waals surface area contributed by atoms with Gasteiger partial charge in [0.15, 0.2) is 0 Å². The van der Waals surface area contributed by atoms with E-state index in [0.717, 1.165) is 43.6 Å². The minimum absolute atomic E-state index is 0. The van der Waals surface area contributed by atoms with Gasteiger partial charge >= 0.3 is 6.03 Å². The molecule has 0 radical (unpaired) electrons. The first-order valence-electron chi connectivity index (χ1n) is 8.64. The van der Waals surface area contributed by atoms with Crippen LogP contribution in [-0.2, 0) is 4.79 Å². The smallest absolute Gasteiger partial charge is 0.312 e. The molecule has 0 saturated carbocycles. The molecule has 3 amide bonds. The lowest BCUT2D eigenvalue weighted by atomic mass is 9.98. The topological polar surface area (TPSA) is 87.5 Å². The largest absolute Gasteiger partial charge is 0.352 e. The number of aryl methyl sites for hydroxylation is 1. The molecule has 1 heterocycles. The van der Waals surface area contributed by atoms with Gasteiger partial charge in [-0.15, -0.1) is 12.4 Å². The molecule has 0 aliphatic carbocycles. The Labute approximate surface area is 155 Å². The first kappa shape index (κ1) is 21.3. The van der Waals surface area contributed by atoms with Crippen molar-refractivity contribution in [3.63, 3.8) is 0 Å². The van der Waals surface area contributed by atoms with Crippen LogP contribution >= 0.6 is 12.4 Å². The number of carbonyl (C=O) groups excluding carboxylic acids is 2. The average molecular weight is 369 g/mol. The molecular weight excluding hydrogens is 340 g/mol. The van der Waals surface area contributed by atoms with Gasteiger partial charge in [0.05, 0.1) is 12.5 Å². The van der Waals surface area contributed by atoms with Crippen molar-refractivity contribution < 1.29 is 9.59 Å². The first-order valence-corrected chi connectivity index (χ1v) is 8.64. The highest BCUT2D eigenvalue weighted by Crippen LogP contribution is 2.23. The molecule has 1 aromatic carbocycles. The second-order valence-electron chi connectivity index (χ2n) is 6.36. The van der Waals surface area contributed by atoms with Gasteiger partial charge in [0, 0.05) is 19.1 Å².